The van der Waals surface area contributed by atoms with Gasteiger partial charge < -0.3 is 4.74 Å². The van der Waals surface area contributed by atoms with Crippen molar-refractivity contribution in [2.24, 2.45) is 0 Å². The Labute approximate surface area is 121 Å². The Morgan fingerprint density at radius 2 is 1.75 bits per heavy atom. The van der Waals surface area contributed by atoms with Crippen molar-refractivity contribution in [3.63, 3.8) is 0 Å². The molecule has 0 saturated carbocycles. The number of ether oxygens (including phenoxy) is 1. The summed E-state index contributed by atoms with van der Waals surface area (Å²) in [6, 6.07) is 13.2. The molecule has 1 aliphatic carbocycles. The van der Waals surface area contributed by atoms with E-state index in [1.807, 2.05) is 0 Å². The summed E-state index contributed by atoms with van der Waals surface area (Å²) >= 11 is 0. The van der Waals surface area contributed by atoms with Gasteiger partial charge in [0.25, 0.3) is 0 Å². The number of hydrogen-bond acceptors (Lipinski definition) is 1. The van der Waals surface area contributed by atoms with Gasteiger partial charge in [-0.2, -0.15) is 0 Å². The van der Waals surface area contributed by atoms with Crippen LogP contribution in [0.3, 0.4) is 0 Å². The molecule has 1 atom stereocenters. The van der Waals surface area contributed by atoms with Crippen molar-refractivity contribution in [2.75, 3.05) is 6.61 Å². The van der Waals surface area contributed by atoms with Crippen LogP contribution < -0.4 is 0 Å². The standard InChI is InChI=1S/C19H22O/c1-4-20-18-12-11-15-16(18)9-6-10-17(15)19-13(2)7-5-8-14(19)3/h5-10,18H,4,11-12H2,1-3H3/t18-/m1/s1. The van der Waals surface area contributed by atoms with Crippen LogP contribution in [-0.2, 0) is 11.2 Å². The van der Waals surface area contributed by atoms with E-state index in [0.717, 1.165) is 19.4 Å². The van der Waals surface area contributed by atoms with Crippen molar-refractivity contribution in [1.29, 1.82) is 0 Å². The number of aryl methyl sites for hydroxylation is 2. The number of hydrogen-bond donors (Lipinski definition) is 0. The zero-order valence-electron chi connectivity index (χ0n) is 12.6. The molecule has 104 valence electrons. The summed E-state index contributed by atoms with van der Waals surface area (Å²) in [7, 11) is 0. The summed E-state index contributed by atoms with van der Waals surface area (Å²) in [4.78, 5) is 0. The van der Waals surface area contributed by atoms with Gasteiger partial charge in [0, 0.05) is 6.61 Å². The molecule has 0 aromatic heterocycles. The van der Waals surface area contributed by atoms with Gasteiger partial charge in [0.05, 0.1) is 6.10 Å². The Kier molecular flexibility index (Phi) is 3.62. The van der Waals surface area contributed by atoms with Crippen molar-refractivity contribution >= 4 is 0 Å². The van der Waals surface area contributed by atoms with Gasteiger partial charge in [-0.3, -0.25) is 0 Å². The first kappa shape index (κ1) is 13.4. The predicted octanol–water partition coefficient (Wildman–Crippen LogP) is 4.99. The second kappa shape index (κ2) is 5.41. The summed E-state index contributed by atoms with van der Waals surface area (Å²) in [6.45, 7) is 7.28. The minimum atomic E-state index is 0.291. The molecule has 0 unspecified atom stereocenters. The minimum Gasteiger partial charge on any atom is -0.374 e. The van der Waals surface area contributed by atoms with Crippen LogP contribution in [0.5, 0.6) is 0 Å². The largest absolute Gasteiger partial charge is 0.374 e. The fraction of sp³-hybridized carbons (Fsp3) is 0.368. The third-order valence-corrected chi connectivity index (χ3v) is 4.33. The average Bonchev–Trinajstić information content (AvgIpc) is 2.83. The topological polar surface area (TPSA) is 9.23 Å². The molecule has 0 spiro atoms. The first-order chi connectivity index (χ1) is 9.72. The molecule has 1 heteroatoms. The van der Waals surface area contributed by atoms with Crippen LogP contribution in [0.1, 0.15) is 41.7 Å². The second-order valence-electron chi connectivity index (χ2n) is 5.62. The van der Waals surface area contributed by atoms with Crippen molar-refractivity contribution in [2.45, 2.75) is 39.7 Å². The Morgan fingerprint density at radius 3 is 2.45 bits per heavy atom. The van der Waals surface area contributed by atoms with Crippen LogP contribution in [0.4, 0.5) is 0 Å². The van der Waals surface area contributed by atoms with E-state index in [1.165, 1.54) is 33.4 Å². The molecular weight excluding hydrogens is 244 g/mol. The van der Waals surface area contributed by atoms with E-state index >= 15 is 0 Å². The molecule has 1 nitrogen and oxygen atoms in total. The second-order valence-corrected chi connectivity index (χ2v) is 5.62. The highest BCUT2D eigenvalue weighted by Crippen LogP contribution is 2.41. The first-order valence-electron chi connectivity index (χ1n) is 7.52. The highest BCUT2D eigenvalue weighted by Gasteiger charge is 2.25. The highest BCUT2D eigenvalue weighted by molar-refractivity contribution is 5.75. The lowest BCUT2D eigenvalue weighted by molar-refractivity contribution is 0.0640. The van der Waals surface area contributed by atoms with E-state index in [2.05, 4.69) is 57.2 Å². The van der Waals surface area contributed by atoms with Gasteiger partial charge in [-0.25, -0.2) is 0 Å². The minimum absolute atomic E-state index is 0.291. The summed E-state index contributed by atoms with van der Waals surface area (Å²) in [5, 5.41) is 0. The van der Waals surface area contributed by atoms with E-state index in [9.17, 15) is 0 Å². The number of benzene rings is 2. The third kappa shape index (κ3) is 2.16. The van der Waals surface area contributed by atoms with Crippen LogP contribution in [0, 0.1) is 13.8 Å². The van der Waals surface area contributed by atoms with Crippen molar-refractivity contribution in [1.82, 2.24) is 0 Å². The van der Waals surface area contributed by atoms with Gasteiger partial charge >= 0.3 is 0 Å². The smallest absolute Gasteiger partial charge is 0.0830 e. The molecule has 0 aliphatic heterocycles. The van der Waals surface area contributed by atoms with Crippen molar-refractivity contribution in [3.05, 3.63) is 58.7 Å². The summed E-state index contributed by atoms with van der Waals surface area (Å²) in [5.41, 5.74) is 8.41. The number of fused-ring (bicyclic) bond motifs is 1. The summed E-state index contributed by atoms with van der Waals surface area (Å²) in [6.07, 6.45) is 2.54. The molecule has 0 bridgehead atoms. The first-order valence-corrected chi connectivity index (χ1v) is 7.52. The molecule has 0 fully saturated rings. The van der Waals surface area contributed by atoms with E-state index < -0.39 is 0 Å². The average molecular weight is 266 g/mol. The zero-order valence-corrected chi connectivity index (χ0v) is 12.6. The molecule has 0 radical (unpaired) electrons. The van der Waals surface area contributed by atoms with Crippen LogP contribution in [0.15, 0.2) is 36.4 Å². The molecule has 0 saturated heterocycles. The number of rotatable bonds is 3. The SMILES string of the molecule is CCO[C@@H]1CCc2c(-c3c(C)cccc3C)cccc21. The molecule has 2 aromatic rings. The molecular formula is C19H22O. The molecule has 0 N–H and O–H groups in total. The normalized spacial score (nSPS) is 17.2. The van der Waals surface area contributed by atoms with Gasteiger partial charge in [-0.15, -0.1) is 0 Å². The fourth-order valence-corrected chi connectivity index (χ4v) is 3.46. The third-order valence-electron chi connectivity index (χ3n) is 4.33. The predicted molar refractivity (Wildman–Crippen MR) is 84.0 cm³/mol. The molecule has 3 rings (SSSR count). The lowest BCUT2D eigenvalue weighted by Crippen LogP contribution is -2.00. The Morgan fingerprint density at radius 1 is 1.05 bits per heavy atom. The quantitative estimate of drug-likeness (QED) is 0.760. The van der Waals surface area contributed by atoms with E-state index in [4.69, 9.17) is 4.74 Å². The highest BCUT2D eigenvalue weighted by atomic mass is 16.5. The molecule has 1 aliphatic rings. The summed E-state index contributed by atoms with van der Waals surface area (Å²) in [5.74, 6) is 0. The van der Waals surface area contributed by atoms with Crippen LogP contribution >= 0.6 is 0 Å². The van der Waals surface area contributed by atoms with E-state index in [-0.39, 0.29) is 0 Å². The van der Waals surface area contributed by atoms with E-state index in [1.54, 1.807) is 0 Å². The van der Waals surface area contributed by atoms with Gasteiger partial charge in [0.2, 0.25) is 0 Å². The van der Waals surface area contributed by atoms with Gasteiger partial charge in [-0.1, -0.05) is 36.4 Å². The van der Waals surface area contributed by atoms with Crippen molar-refractivity contribution in [3.8, 4) is 11.1 Å². The van der Waals surface area contributed by atoms with E-state index in [0.29, 0.717) is 6.10 Å². The van der Waals surface area contributed by atoms with Crippen LogP contribution in [0.25, 0.3) is 11.1 Å². The summed E-state index contributed by atoms with van der Waals surface area (Å²) < 4.78 is 5.88. The van der Waals surface area contributed by atoms with Crippen molar-refractivity contribution < 1.29 is 4.74 Å². The zero-order chi connectivity index (χ0) is 14.1. The maximum absolute atomic E-state index is 5.88. The van der Waals surface area contributed by atoms with Crippen LogP contribution in [-0.4, -0.2) is 6.61 Å². The van der Waals surface area contributed by atoms with Gasteiger partial charge in [0.1, 0.15) is 0 Å². The van der Waals surface area contributed by atoms with Gasteiger partial charge in [-0.05, 0) is 67.0 Å². The Hall–Kier alpha value is -1.60. The fourth-order valence-electron chi connectivity index (χ4n) is 3.46. The maximum Gasteiger partial charge on any atom is 0.0830 e. The molecule has 20 heavy (non-hydrogen) atoms. The monoisotopic (exact) mass is 266 g/mol. The van der Waals surface area contributed by atoms with Gasteiger partial charge in [0.15, 0.2) is 0 Å². The lowest BCUT2D eigenvalue weighted by atomic mass is 9.91. The molecule has 2 aromatic carbocycles. The molecule has 0 amide bonds. The van der Waals surface area contributed by atoms with Crippen LogP contribution in [0.2, 0.25) is 0 Å². The maximum atomic E-state index is 5.88. The molecule has 0 heterocycles. The Bertz CT molecular complexity index is 607. The lowest BCUT2D eigenvalue weighted by Gasteiger charge is -2.16. The Balaban J connectivity index is 2.13.